The third kappa shape index (κ3) is 4.79. The average Bonchev–Trinajstić information content (AvgIpc) is 2.50. The molecule has 2 aromatic rings. The van der Waals surface area contributed by atoms with Crippen LogP contribution < -0.4 is 0 Å². The minimum Gasteiger partial charge on any atom is -0.382 e. The van der Waals surface area contributed by atoms with E-state index in [0.29, 0.717) is 9.79 Å². The van der Waals surface area contributed by atoms with Crippen LogP contribution >= 0.6 is 0 Å². The zero-order valence-corrected chi connectivity index (χ0v) is 12.6. The molecule has 0 heterocycles. The van der Waals surface area contributed by atoms with E-state index < -0.39 is 9.84 Å². The van der Waals surface area contributed by atoms with E-state index in [4.69, 9.17) is 4.74 Å². The smallest absolute Gasteiger partial charge is 0.206 e. The van der Waals surface area contributed by atoms with Crippen LogP contribution in [0.5, 0.6) is 0 Å². The van der Waals surface area contributed by atoms with E-state index in [-0.39, 0.29) is 0 Å². The van der Waals surface area contributed by atoms with Crippen LogP contribution in [-0.4, -0.2) is 21.6 Å². The van der Waals surface area contributed by atoms with Crippen molar-refractivity contribution in [2.75, 3.05) is 13.2 Å². The van der Waals surface area contributed by atoms with Gasteiger partial charge in [-0.05, 0) is 38.1 Å². The second kappa shape index (κ2) is 8.51. The third-order valence-corrected chi connectivity index (χ3v) is 4.30. The summed E-state index contributed by atoms with van der Waals surface area (Å²) in [4.78, 5) is 0.660. The van der Waals surface area contributed by atoms with Gasteiger partial charge in [-0.3, -0.25) is 0 Å². The van der Waals surface area contributed by atoms with Gasteiger partial charge >= 0.3 is 0 Å². The van der Waals surface area contributed by atoms with Gasteiger partial charge in [0.05, 0.1) is 9.79 Å². The van der Waals surface area contributed by atoms with Crippen LogP contribution in [0.1, 0.15) is 13.8 Å². The van der Waals surface area contributed by atoms with E-state index >= 15 is 0 Å². The maximum Gasteiger partial charge on any atom is 0.206 e. The molecule has 2 aromatic carbocycles. The Morgan fingerprint density at radius 3 is 1.35 bits per heavy atom. The van der Waals surface area contributed by atoms with Crippen molar-refractivity contribution in [1.82, 2.24) is 0 Å². The Hall–Kier alpha value is -1.65. The Labute approximate surface area is 121 Å². The van der Waals surface area contributed by atoms with Gasteiger partial charge in [-0.2, -0.15) is 0 Å². The van der Waals surface area contributed by atoms with E-state index in [2.05, 4.69) is 0 Å². The van der Waals surface area contributed by atoms with E-state index in [9.17, 15) is 8.42 Å². The predicted molar refractivity (Wildman–Crippen MR) is 80.5 cm³/mol. The number of rotatable bonds is 4. The van der Waals surface area contributed by atoms with Gasteiger partial charge in [0.15, 0.2) is 0 Å². The molecule has 0 radical (unpaired) electrons. The maximum absolute atomic E-state index is 12.0. The van der Waals surface area contributed by atoms with Gasteiger partial charge in [0.2, 0.25) is 9.84 Å². The first-order valence-electron chi connectivity index (χ1n) is 6.55. The first-order chi connectivity index (χ1) is 9.62. The highest BCUT2D eigenvalue weighted by atomic mass is 32.2. The average molecular weight is 292 g/mol. The first-order valence-corrected chi connectivity index (χ1v) is 8.04. The Morgan fingerprint density at radius 2 is 1.10 bits per heavy atom. The summed E-state index contributed by atoms with van der Waals surface area (Å²) in [5, 5.41) is 0. The van der Waals surface area contributed by atoms with Gasteiger partial charge in [-0.1, -0.05) is 36.4 Å². The van der Waals surface area contributed by atoms with Gasteiger partial charge in [0.1, 0.15) is 0 Å². The minimum atomic E-state index is -3.34. The quantitative estimate of drug-likeness (QED) is 0.865. The monoisotopic (exact) mass is 292 g/mol. The van der Waals surface area contributed by atoms with Crippen molar-refractivity contribution in [3.8, 4) is 0 Å². The highest BCUT2D eigenvalue weighted by Crippen LogP contribution is 2.19. The fraction of sp³-hybridized carbons (Fsp3) is 0.250. The molecule has 0 aliphatic rings. The van der Waals surface area contributed by atoms with Crippen molar-refractivity contribution in [3.63, 3.8) is 0 Å². The SMILES string of the molecule is CCOCC.O=S(=O)(c1ccccc1)c1ccccc1. The molecule has 0 bridgehead atoms. The van der Waals surface area contributed by atoms with Gasteiger partial charge in [-0.15, -0.1) is 0 Å². The molecule has 0 saturated carbocycles. The Bertz CT molecular complexity index is 530. The number of hydrogen-bond acceptors (Lipinski definition) is 3. The third-order valence-electron chi connectivity index (χ3n) is 2.52. The molecule has 0 spiro atoms. The summed E-state index contributed by atoms with van der Waals surface area (Å²) in [5.41, 5.74) is 0. The van der Waals surface area contributed by atoms with E-state index in [1.54, 1.807) is 60.7 Å². The van der Waals surface area contributed by atoms with Crippen LogP contribution in [0.4, 0.5) is 0 Å². The molecule has 0 aromatic heterocycles. The predicted octanol–water partition coefficient (Wildman–Crippen LogP) is 3.56. The molecule has 0 amide bonds. The molecule has 108 valence electrons. The maximum atomic E-state index is 12.0. The number of benzene rings is 2. The van der Waals surface area contributed by atoms with Gasteiger partial charge in [0.25, 0.3) is 0 Å². The largest absolute Gasteiger partial charge is 0.382 e. The van der Waals surface area contributed by atoms with Crippen molar-refractivity contribution < 1.29 is 13.2 Å². The molecule has 0 saturated heterocycles. The highest BCUT2D eigenvalue weighted by molar-refractivity contribution is 7.91. The lowest BCUT2D eigenvalue weighted by atomic mass is 10.4. The zero-order valence-electron chi connectivity index (χ0n) is 11.8. The van der Waals surface area contributed by atoms with E-state index in [0.717, 1.165) is 13.2 Å². The second-order valence-electron chi connectivity index (χ2n) is 3.91. The van der Waals surface area contributed by atoms with Crippen molar-refractivity contribution in [2.45, 2.75) is 23.6 Å². The Kier molecular flexibility index (Phi) is 6.98. The summed E-state index contributed by atoms with van der Waals surface area (Å²) in [6.45, 7) is 5.67. The van der Waals surface area contributed by atoms with Gasteiger partial charge < -0.3 is 4.74 Å². The summed E-state index contributed by atoms with van der Waals surface area (Å²) in [5.74, 6) is 0. The van der Waals surface area contributed by atoms with Crippen molar-refractivity contribution in [1.29, 1.82) is 0 Å². The van der Waals surface area contributed by atoms with Crippen molar-refractivity contribution in [3.05, 3.63) is 60.7 Å². The fourth-order valence-electron chi connectivity index (χ4n) is 1.54. The molecule has 0 aliphatic heterocycles. The summed E-state index contributed by atoms with van der Waals surface area (Å²) in [7, 11) is -3.34. The van der Waals surface area contributed by atoms with Crippen molar-refractivity contribution in [2.24, 2.45) is 0 Å². The van der Waals surface area contributed by atoms with Gasteiger partial charge in [0, 0.05) is 13.2 Å². The Morgan fingerprint density at radius 1 is 0.750 bits per heavy atom. The molecular formula is C16H20O3S. The van der Waals surface area contributed by atoms with E-state index in [1.165, 1.54) is 0 Å². The van der Waals surface area contributed by atoms with Crippen LogP contribution in [-0.2, 0) is 14.6 Å². The van der Waals surface area contributed by atoms with E-state index in [1.807, 2.05) is 13.8 Å². The first kappa shape index (κ1) is 16.4. The summed E-state index contributed by atoms with van der Waals surface area (Å²) in [6.07, 6.45) is 0. The number of hydrogen-bond donors (Lipinski definition) is 0. The van der Waals surface area contributed by atoms with Crippen molar-refractivity contribution >= 4 is 9.84 Å². The molecule has 0 atom stereocenters. The molecule has 20 heavy (non-hydrogen) atoms. The molecular weight excluding hydrogens is 272 g/mol. The molecule has 3 nitrogen and oxygen atoms in total. The van der Waals surface area contributed by atoms with Crippen LogP contribution in [0.25, 0.3) is 0 Å². The Balaban J connectivity index is 0.000000347. The molecule has 0 aliphatic carbocycles. The van der Waals surface area contributed by atoms with Crippen LogP contribution in [0, 0.1) is 0 Å². The molecule has 0 N–H and O–H groups in total. The molecule has 0 fully saturated rings. The standard InChI is InChI=1S/C12H10O2S.C4H10O/c13-15(14,11-7-3-1-4-8-11)12-9-5-2-6-10-12;1-3-5-4-2/h1-10H;3-4H2,1-2H3. The topological polar surface area (TPSA) is 43.4 Å². The van der Waals surface area contributed by atoms with Crippen LogP contribution in [0.2, 0.25) is 0 Å². The highest BCUT2D eigenvalue weighted by Gasteiger charge is 2.15. The molecule has 2 rings (SSSR count). The summed E-state index contributed by atoms with van der Waals surface area (Å²) in [6, 6.07) is 16.9. The fourth-order valence-corrected chi connectivity index (χ4v) is 2.84. The lowest BCUT2D eigenvalue weighted by Crippen LogP contribution is -2.00. The summed E-state index contributed by atoms with van der Waals surface area (Å²) < 4.78 is 28.9. The normalized spacial score (nSPS) is 10.5. The van der Waals surface area contributed by atoms with Crippen LogP contribution in [0.3, 0.4) is 0 Å². The lowest BCUT2D eigenvalue weighted by Gasteiger charge is -2.03. The summed E-state index contributed by atoms with van der Waals surface area (Å²) >= 11 is 0. The second-order valence-corrected chi connectivity index (χ2v) is 5.86. The number of sulfone groups is 1. The van der Waals surface area contributed by atoms with Crippen LogP contribution in [0.15, 0.2) is 70.5 Å². The number of ether oxygens (including phenoxy) is 1. The molecule has 4 heteroatoms. The molecule has 0 unspecified atom stereocenters. The lowest BCUT2D eigenvalue weighted by molar-refractivity contribution is 0.162. The van der Waals surface area contributed by atoms with Gasteiger partial charge in [-0.25, -0.2) is 8.42 Å². The minimum absolute atomic E-state index is 0.330. The zero-order chi connectivity index (χ0) is 14.8.